The van der Waals surface area contributed by atoms with Gasteiger partial charge in [0, 0.05) is 13.2 Å². The molecule has 0 aliphatic rings. The van der Waals surface area contributed by atoms with Crippen molar-refractivity contribution in [3.8, 4) is 6.01 Å². The second kappa shape index (κ2) is 5.97. The number of ether oxygens (including phenoxy) is 1. The highest BCUT2D eigenvalue weighted by molar-refractivity contribution is 6.28. The zero-order valence-electron chi connectivity index (χ0n) is 10.2. The van der Waals surface area contributed by atoms with E-state index in [2.05, 4.69) is 20.3 Å². The Hall–Kier alpha value is -1.14. The molecule has 0 aliphatic carbocycles. The number of anilines is 1. The summed E-state index contributed by atoms with van der Waals surface area (Å²) in [5, 5.41) is 12.0. The van der Waals surface area contributed by atoms with Gasteiger partial charge in [0.25, 0.3) is 0 Å². The van der Waals surface area contributed by atoms with Crippen molar-refractivity contribution in [2.75, 3.05) is 25.6 Å². The van der Waals surface area contributed by atoms with E-state index >= 15 is 0 Å². The van der Waals surface area contributed by atoms with Gasteiger partial charge in [-0.15, -0.1) is 0 Å². The third-order valence-corrected chi connectivity index (χ3v) is 2.45. The molecule has 0 amide bonds. The summed E-state index contributed by atoms with van der Waals surface area (Å²) in [5.74, 6) is 0.368. The van der Waals surface area contributed by atoms with Gasteiger partial charge in [0.2, 0.25) is 11.2 Å². The summed E-state index contributed by atoms with van der Waals surface area (Å²) in [6.45, 7) is 4.85. The first-order valence-electron chi connectivity index (χ1n) is 5.27. The summed E-state index contributed by atoms with van der Waals surface area (Å²) >= 11 is 5.72. The van der Waals surface area contributed by atoms with E-state index in [1.54, 1.807) is 0 Å². The van der Waals surface area contributed by atoms with Crippen LogP contribution in [0.2, 0.25) is 5.28 Å². The number of aromatic nitrogens is 3. The first-order chi connectivity index (χ1) is 7.96. The van der Waals surface area contributed by atoms with E-state index in [1.807, 2.05) is 13.8 Å². The fourth-order valence-corrected chi connectivity index (χ4v) is 1.36. The van der Waals surface area contributed by atoms with Gasteiger partial charge < -0.3 is 15.2 Å². The van der Waals surface area contributed by atoms with Crippen LogP contribution in [0.15, 0.2) is 0 Å². The minimum atomic E-state index is -0.0545. The van der Waals surface area contributed by atoms with Crippen molar-refractivity contribution in [1.29, 1.82) is 0 Å². The lowest BCUT2D eigenvalue weighted by molar-refractivity contribution is 0.220. The van der Waals surface area contributed by atoms with Crippen LogP contribution in [0.1, 0.15) is 20.3 Å². The molecule has 0 radical (unpaired) electrons. The molecule has 0 unspecified atom stereocenters. The molecule has 96 valence electrons. The van der Waals surface area contributed by atoms with E-state index in [-0.39, 0.29) is 23.3 Å². The predicted octanol–water partition coefficient (Wildman–Crippen LogP) is 1.35. The number of nitrogens with zero attached hydrogens (tertiary/aromatic N) is 3. The molecular formula is C10H17ClN4O2. The van der Waals surface area contributed by atoms with Crippen molar-refractivity contribution in [1.82, 2.24) is 15.0 Å². The number of hydrogen-bond acceptors (Lipinski definition) is 6. The highest BCUT2D eigenvalue weighted by Crippen LogP contribution is 2.20. The summed E-state index contributed by atoms with van der Waals surface area (Å²) in [5.41, 5.74) is -0.0545. The summed E-state index contributed by atoms with van der Waals surface area (Å²) < 4.78 is 4.89. The number of hydrogen-bond donors (Lipinski definition) is 2. The summed E-state index contributed by atoms with van der Waals surface area (Å²) in [7, 11) is 1.46. The molecule has 7 heteroatoms. The molecule has 0 saturated heterocycles. The van der Waals surface area contributed by atoms with Crippen LogP contribution in [0.4, 0.5) is 5.95 Å². The number of methoxy groups -OCH3 is 1. The second-order valence-corrected chi connectivity index (χ2v) is 4.74. The van der Waals surface area contributed by atoms with Gasteiger partial charge in [-0.3, -0.25) is 0 Å². The molecule has 0 atom stereocenters. The van der Waals surface area contributed by atoms with E-state index in [4.69, 9.17) is 21.4 Å². The number of halogens is 1. The van der Waals surface area contributed by atoms with Crippen molar-refractivity contribution in [3.63, 3.8) is 0 Å². The molecule has 0 aromatic carbocycles. The molecular weight excluding hydrogens is 244 g/mol. The summed E-state index contributed by atoms with van der Waals surface area (Å²) in [6.07, 6.45) is 0.690. The van der Waals surface area contributed by atoms with Crippen LogP contribution in [0.3, 0.4) is 0 Å². The highest BCUT2D eigenvalue weighted by atomic mass is 35.5. The largest absolute Gasteiger partial charge is 0.467 e. The molecule has 0 aliphatic heterocycles. The fraction of sp³-hybridized carbons (Fsp3) is 0.700. The number of aliphatic hydroxyl groups is 1. The average Bonchev–Trinajstić information content (AvgIpc) is 2.26. The summed E-state index contributed by atoms with van der Waals surface area (Å²) in [4.78, 5) is 11.7. The van der Waals surface area contributed by atoms with Gasteiger partial charge in [-0.25, -0.2) is 0 Å². The highest BCUT2D eigenvalue weighted by Gasteiger charge is 2.17. The van der Waals surface area contributed by atoms with E-state index in [0.717, 1.165) is 0 Å². The lowest BCUT2D eigenvalue weighted by Crippen LogP contribution is -2.25. The van der Waals surface area contributed by atoms with Crippen LogP contribution in [0, 0.1) is 5.41 Å². The molecule has 2 N–H and O–H groups in total. The molecule has 0 saturated carbocycles. The Bertz CT molecular complexity index is 373. The first-order valence-corrected chi connectivity index (χ1v) is 5.65. The van der Waals surface area contributed by atoms with Gasteiger partial charge >= 0.3 is 6.01 Å². The maximum Gasteiger partial charge on any atom is 0.322 e. The Morgan fingerprint density at radius 2 is 2.06 bits per heavy atom. The van der Waals surface area contributed by atoms with Crippen LogP contribution < -0.4 is 10.1 Å². The van der Waals surface area contributed by atoms with Gasteiger partial charge in [-0.1, -0.05) is 13.8 Å². The molecule has 0 spiro atoms. The van der Waals surface area contributed by atoms with Crippen LogP contribution in [-0.2, 0) is 0 Å². The molecule has 1 rings (SSSR count). The first kappa shape index (κ1) is 13.9. The van der Waals surface area contributed by atoms with Crippen molar-refractivity contribution in [2.45, 2.75) is 20.3 Å². The molecule has 1 heterocycles. The van der Waals surface area contributed by atoms with E-state index in [0.29, 0.717) is 18.9 Å². The quantitative estimate of drug-likeness (QED) is 0.804. The van der Waals surface area contributed by atoms with E-state index < -0.39 is 0 Å². The van der Waals surface area contributed by atoms with Crippen LogP contribution in [-0.4, -0.2) is 40.3 Å². The van der Waals surface area contributed by atoms with Gasteiger partial charge in [-0.2, -0.15) is 15.0 Å². The standard InChI is InChI=1S/C10H17ClN4O2/c1-10(2,4-5-16)6-12-8-13-7(11)14-9(15-8)17-3/h16H,4-6H2,1-3H3,(H,12,13,14,15). The van der Waals surface area contributed by atoms with Crippen molar-refractivity contribution >= 4 is 17.5 Å². The SMILES string of the molecule is COc1nc(Cl)nc(NCC(C)(C)CCO)n1. The molecule has 6 nitrogen and oxygen atoms in total. The Labute approximate surface area is 105 Å². The van der Waals surface area contributed by atoms with Gasteiger partial charge in [0.15, 0.2) is 0 Å². The van der Waals surface area contributed by atoms with Crippen molar-refractivity contribution in [3.05, 3.63) is 5.28 Å². The minimum Gasteiger partial charge on any atom is -0.467 e. The van der Waals surface area contributed by atoms with Crippen LogP contribution in [0.5, 0.6) is 6.01 Å². The van der Waals surface area contributed by atoms with Crippen LogP contribution in [0.25, 0.3) is 0 Å². The van der Waals surface area contributed by atoms with Gasteiger partial charge in [0.05, 0.1) is 7.11 Å². The lowest BCUT2D eigenvalue weighted by atomic mass is 9.90. The van der Waals surface area contributed by atoms with Gasteiger partial charge in [0.1, 0.15) is 0 Å². The lowest BCUT2D eigenvalue weighted by Gasteiger charge is -2.23. The Kier molecular flexibility index (Phi) is 4.89. The Morgan fingerprint density at radius 3 is 2.65 bits per heavy atom. The van der Waals surface area contributed by atoms with Crippen molar-refractivity contribution < 1.29 is 9.84 Å². The normalized spacial score (nSPS) is 11.4. The Morgan fingerprint density at radius 1 is 1.35 bits per heavy atom. The van der Waals surface area contributed by atoms with E-state index in [1.165, 1.54) is 7.11 Å². The molecule has 1 aromatic heterocycles. The number of nitrogens with one attached hydrogen (secondary N) is 1. The monoisotopic (exact) mass is 260 g/mol. The topological polar surface area (TPSA) is 80.2 Å². The second-order valence-electron chi connectivity index (χ2n) is 4.41. The molecule has 17 heavy (non-hydrogen) atoms. The molecule has 0 fully saturated rings. The van der Waals surface area contributed by atoms with Crippen LogP contribution >= 0.6 is 11.6 Å². The fourth-order valence-electron chi connectivity index (χ4n) is 1.21. The molecule has 1 aromatic rings. The molecule has 0 bridgehead atoms. The minimum absolute atomic E-state index is 0.0545. The zero-order chi connectivity index (χ0) is 12.9. The third-order valence-electron chi connectivity index (χ3n) is 2.28. The smallest absolute Gasteiger partial charge is 0.322 e. The Balaban J connectivity index is 2.65. The summed E-state index contributed by atoms with van der Waals surface area (Å²) in [6, 6.07) is 0.174. The number of aliphatic hydroxyl groups excluding tert-OH is 1. The van der Waals surface area contributed by atoms with Gasteiger partial charge in [-0.05, 0) is 23.4 Å². The maximum absolute atomic E-state index is 8.92. The van der Waals surface area contributed by atoms with E-state index in [9.17, 15) is 0 Å². The average molecular weight is 261 g/mol. The van der Waals surface area contributed by atoms with Crippen molar-refractivity contribution in [2.24, 2.45) is 5.41 Å². The third kappa shape index (κ3) is 4.70. The zero-order valence-corrected chi connectivity index (χ0v) is 11.0. The maximum atomic E-state index is 8.92. The predicted molar refractivity (Wildman–Crippen MR) is 65.4 cm³/mol. The number of rotatable bonds is 6.